The molecule has 0 aliphatic carbocycles. The number of nitrogens with two attached hydrogens (primary N) is 1. The molecular formula is C15H28N2O4. The highest BCUT2D eigenvalue weighted by Crippen LogP contribution is 2.18. The van der Waals surface area contributed by atoms with Crippen molar-refractivity contribution in [2.45, 2.75) is 50.4 Å². The standard InChI is InChI=1S/C15H28N2O4/c1-19-11-14(16)15(18)17-7-5-12(6-8-17)21-10-13-4-2-3-9-20-13/h12-14H,2-11,16H2,1H3. The Morgan fingerprint density at radius 1 is 1.33 bits per heavy atom. The topological polar surface area (TPSA) is 74.0 Å². The molecule has 0 aromatic heterocycles. The third-order valence-electron chi connectivity index (χ3n) is 4.21. The Bertz CT molecular complexity index is 313. The third kappa shape index (κ3) is 5.21. The van der Waals surface area contributed by atoms with Crippen LogP contribution in [-0.4, -0.2) is 69.1 Å². The zero-order valence-electron chi connectivity index (χ0n) is 13.0. The van der Waals surface area contributed by atoms with Crippen molar-refractivity contribution in [3.8, 4) is 0 Å². The van der Waals surface area contributed by atoms with E-state index < -0.39 is 6.04 Å². The Morgan fingerprint density at radius 2 is 2.10 bits per heavy atom. The van der Waals surface area contributed by atoms with Crippen molar-refractivity contribution in [3.05, 3.63) is 0 Å². The van der Waals surface area contributed by atoms with Crippen molar-refractivity contribution < 1.29 is 19.0 Å². The fraction of sp³-hybridized carbons (Fsp3) is 0.933. The Morgan fingerprint density at radius 3 is 2.71 bits per heavy atom. The second-order valence-corrected chi connectivity index (χ2v) is 5.91. The number of methoxy groups -OCH3 is 1. The summed E-state index contributed by atoms with van der Waals surface area (Å²) in [4.78, 5) is 13.9. The minimum absolute atomic E-state index is 0.0223. The molecule has 6 nitrogen and oxygen atoms in total. The van der Waals surface area contributed by atoms with E-state index in [1.807, 2.05) is 4.90 Å². The van der Waals surface area contributed by atoms with Crippen LogP contribution < -0.4 is 5.73 Å². The molecule has 2 saturated heterocycles. The molecular weight excluding hydrogens is 272 g/mol. The normalized spacial score (nSPS) is 25.8. The molecule has 21 heavy (non-hydrogen) atoms. The summed E-state index contributed by atoms with van der Waals surface area (Å²) in [5.74, 6) is -0.0223. The minimum Gasteiger partial charge on any atom is -0.383 e. The van der Waals surface area contributed by atoms with Gasteiger partial charge in [-0.05, 0) is 32.1 Å². The van der Waals surface area contributed by atoms with Crippen molar-refractivity contribution >= 4 is 5.91 Å². The number of hydrogen-bond acceptors (Lipinski definition) is 5. The first-order chi connectivity index (χ1) is 10.2. The molecule has 0 aromatic rings. The largest absolute Gasteiger partial charge is 0.383 e. The van der Waals surface area contributed by atoms with Crippen LogP contribution in [0.25, 0.3) is 0 Å². The second-order valence-electron chi connectivity index (χ2n) is 5.91. The summed E-state index contributed by atoms with van der Waals surface area (Å²) in [5, 5.41) is 0. The van der Waals surface area contributed by atoms with E-state index >= 15 is 0 Å². The van der Waals surface area contributed by atoms with Gasteiger partial charge in [0.2, 0.25) is 5.91 Å². The molecule has 2 N–H and O–H groups in total. The van der Waals surface area contributed by atoms with Crippen LogP contribution in [0.1, 0.15) is 32.1 Å². The zero-order valence-corrected chi connectivity index (χ0v) is 13.0. The number of ether oxygens (including phenoxy) is 3. The van der Waals surface area contributed by atoms with Crippen LogP contribution in [0.4, 0.5) is 0 Å². The van der Waals surface area contributed by atoms with Gasteiger partial charge < -0.3 is 24.8 Å². The second kappa shape index (κ2) is 8.68. The highest BCUT2D eigenvalue weighted by molar-refractivity contribution is 5.81. The van der Waals surface area contributed by atoms with Crippen LogP contribution in [0.5, 0.6) is 0 Å². The van der Waals surface area contributed by atoms with Gasteiger partial charge in [0.05, 0.1) is 25.4 Å². The van der Waals surface area contributed by atoms with Gasteiger partial charge >= 0.3 is 0 Å². The van der Waals surface area contributed by atoms with Crippen LogP contribution in [0.2, 0.25) is 0 Å². The van der Waals surface area contributed by atoms with Crippen LogP contribution in [0, 0.1) is 0 Å². The van der Waals surface area contributed by atoms with Crippen LogP contribution >= 0.6 is 0 Å². The van der Waals surface area contributed by atoms with Crippen molar-refractivity contribution in [2.75, 3.05) is 40.0 Å². The maximum atomic E-state index is 12.1. The van der Waals surface area contributed by atoms with Gasteiger partial charge in [-0.3, -0.25) is 4.79 Å². The molecule has 0 saturated carbocycles. The lowest BCUT2D eigenvalue weighted by Gasteiger charge is -2.34. The fourth-order valence-corrected chi connectivity index (χ4v) is 2.91. The molecule has 1 amide bonds. The molecule has 2 heterocycles. The molecule has 2 unspecified atom stereocenters. The molecule has 0 aromatic carbocycles. The van der Waals surface area contributed by atoms with E-state index in [1.54, 1.807) is 7.11 Å². The number of carbonyl (C=O) groups is 1. The monoisotopic (exact) mass is 300 g/mol. The van der Waals surface area contributed by atoms with Gasteiger partial charge in [-0.25, -0.2) is 0 Å². The van der Waals surface area contributed by atoms with Gasteiger partial charge in [0.1, 0.15) is 6.04 Å². The maximum Gasteiger partial charge on any atom is 0.241 e. The summed E-state index contributed by atoms with van der Waals surface area (Å²) in [6.45, 7) is 3.24. The first-order valence-electron chi connectivity index (χ1n) is 7.97. The van der Waals surface area contributed by atoms with Crippen molar-refractivity contribution in [1.82, 2.24) is 4.90 Å². The van der Waals surface area contributed by atoms with Gasteiger partial charge in [-0.1, -0.05) is 0 Å². The summed E-state index contributed by atoms with van der Waals surface area (Å²) < 4.78 is 16.5. The van der Waals surface area contributed by atoms with Crippen molar-refractivity contribution in [1.29, 1.82) is 0 Å². The lowest BCUT2D eigenvalue weighted by molar-refractivity contribution is -0.137. The first kappa shape index (κ1) is 16.7. The Kier molecular flexibility index (Phi) is 6.89. The van der Waals surface area contributed by atoms with Crippen LogP contribution in [0.3, 0.4) is 0 Å². The summed E-state index contributed by atoms with van der Waals surface area (Å²) in [6, 6.07) is -0.553. The molecule has 6 heteroatoms. The van der Waals surface area contributed by atoms with E-state index in [9.17, 15) is 4.79 Å². The minimum atomic E-state index is -0.553. The molecule has 0 spiro atoms. The number of likely N-dealkylation sites (tertiary alicyclic amines) is 1. The van der Waals surface area contributed by atoms with E-state index in [1.165, 1.54) is 12.8 Å². The lowest BCUT2D eigenvalue weighted by Crippen LogP contribution is -2.50. The summed E-state index contributed by atoms with van der Waals surface area (Å²) >= 11 is 0. The molecule has 2 fully saturated rings. The van der Waals surface area contributed by atoms with E-state index in [2.05, 4.69) is 0 Å². The molecule has 122 valence electrons. The zero-order chi connectivity index (χ0) is 15.1. The molecule has 0 radical (unpaired) electrons. The quantitative estimate of drug-likeness (QED) is 0.775. The fourth-order valence-electron chi connectivity index (χ4n) is 2.91. The predicted molar refractivity (Wildman–Crippen MR) is 79.0 cm³/mol. The highest BCUT2D eigenvalue weighted by Gasteiger charge is 2.27. The first-order valence-corrected chi connectivity index (χ1v) is 7.97. The number of piperidine rings is 1. The number of rotatable bonds is 6. The van der Waals surface area contributed by atoms with Gasteiger partial charge in [0.15, 0.2) is 0 Å². The third-order valence-corrected chi connectivity index (χ3v) is 4.21. The average Bonchev–Trinajstić information content (AvgIpc) is 2.54. The van der Waals surface area contributed by atoms with E-state index in [0.29, 0.717) is 19.7 Å². The van der Waals surface area contributed by atoms with Gasteiger partial charge in [0.25, 0.3) is 0 Å². The Labute approximate surface area is 126 Å². The van der Waals surface area contributed by atoms with Gasteiger partial charge in [0, 0.05) is 26.8 Å². The summed E-state index contributed by atoms with van der Waals surface area (Å²) in [6.07, 6.45) is 5.74. The number of nitrogens with zero attached hydrogens (tertiary/aromatic N) is 1. The Hall–Kier alpha value is -0.690. The highest BCUT2D eigenvalue weighted by atomic mass is 16.5. The van der Waals surface area contributed by atoms with Gasteiger partial charge in [-0.15, -0.1) is 0 Å². The summed E-state index contributed by atoms with van der Waals surface area (Å²) in [7, 11) is 1.56. The van der Waals surface area contributed by atoms with E-state index in [0.717, 1.165) is 25.9 Å². The Balaban J connectivity index is 1.64. The van der Waals surface area contributed by atoms with E-state index in [4.69, 9.17) is 19.9 Å². The average molecular weight is 300 g/mol. The van der Waals surface area contributed by atoms with Crippen molar-refractivity contribution in [3.63, 3.8) is 0 Å². The summed E-state index contributed by atoms with van der Waals surface area (Å²) in [5.41, 5.74) is 5.79. The number of hydrogen-bond donors (Lipinski definition) is 1. The number of amides is 1. The van der Waals surface area contributed by atoms with Crippen molar-refractivity contribution in [2.24, 2.45) is 5.73 Å². The lowest BCUT2D eigenvalue weighted by atomic mass is 10.1. The van der Waals surface area contributed by atoms with Gasteiger partial charge in [-0.2, -0.15) is 0 Å². The van der Waals surface area contributed by atoms with E-state index in [-0.39, 0.29) is 24.7 Å². The predicted octanol–water partition coefficient (Wildman–Crippen LogP) is 0.537. The molecule has 2 rings (SSSR count). The molecule has 2 aliphatic rings. The molecule has 2 aliphatic heterocycles. The smallest absolute Gasteiger partial charge is 0.241 e. The number of carbonyl (C=O) groups excluding carboxylic acids is 1. The SMILES string of the molecule is COCC(N)C(=O)N1CCC(OCC2CCCCO2)CC1. The molecule has 2 atom stereocenters. The molecule has 0 bridgehead atoms. The maximum absolute atomic E-state index is 12.1. The van der Waals surface area contributed by atoms with Crippen LogP contribution in [0.15, 0.2) is 0 Å². The van der Waals surface area contributed by atoms with Crippen LogP contribution in [-0.2, 0) is 19.0 Å².